The quantitative estimate of drug-likeness (QED) is 0.693. The molecule has 3 rings (SSSR count). The molecule has 0 unspecified atom stereocenters. The molecule has 1 amide bonds. The van der Waals surface area contributed by atoms with Crippen molar-refractivity contribution in [3.63, 3.8) is 0 Å². The van der Waals surface area contributed by atoms with Gasteiger partial charge in [-0.15, -0.1) is 0 Å². The van der Waals surface area contributed by atoms with E-state index in [4.69, 9.17) is 11.6 Å². The van der Waals surface area contributed by atoms with Gasteiger partial charge in [-0.3, -0.25) is 9.69 Å². The van der Waals surface area contributed by atoms with Crippen LogP contribution in [0.15, 0.2) is 53.4 Å². The number of benzene rings is 2. The van der Waals surface area contributed by atoms with Crippen molar-refractivity contribution >= 4 is 27.5 Å². The number of hydrogen-bond acceptors (Lipinski definition) is 4. The molecule has 2 aromatic carbocycles. The van der Waals surface area contributed by atoms with Crippen LogP contribution in [0.4, 0.5) is 4.39 Å². The van der Waals surface area contributed by atoms with E-state index in [1.165, 1.54) is 16.4 Å². The minimum Gasteiger partial charge on any atom is -0.339 e. The third-order valence-electron chi connectivity index (χ3n) is 4.79. The maximum Gasteiger partial charge on any atom is 0.243 e. The second-order valence-corrected chi connectivity index (χ2v) is 9.42. The second kappa shape index (κ2) is 9.21. The van der Waals surface area contributed by atoms with E-state index in [9.17, 15) is 17.6 Å². The Bertz CT molecular complexity index is 961. The summed E-state index contributed by atoms with van der Waals surface area (Å²) in [7, 11) is -1.83. The molecule has 0 bridgehead atoms. The van der Waals surface area contributed by atoms with E-state index in [1.54, 1.807) is 11.0 Å². The van der Waals surface area contributed by atoms with Gasteiger partial charge in [0.25, 0.3) is 0 Å². The lowest BCUT2D eigenvalue weighted by molar-refractivity contribution is -0.133. The highest BCUT2D eigenvalue weighted by Gasteiger charge is 2.30. The Kier molecular flexibility index (Phi) is 6.89. The number of nitrogens with zero attached hydrogens (tertiary/aromatic N) is 3. The molecule has 9 heteroatoms. The average Bonchev–Trinajstić information content (AvgIpc) is 2.68. The molecule has 156 valence electrons. The van der Waals surface area contributed by atoms with Crippen molar-refractivity contribution in [2.24, 2.45) is 0 Å². The average molecular weight is 440 g/mol. The smallest absolute Gasteiger partial charge is 0.243 e. The summed E-state index contributed by atoms with van der Waals surface area (Å²) in [6.07, 6.45) is 0. The summed E-state index contributed by atoms with van der Waals surface area (Å²) in [6.45, 7) is 1.89. The highest BCUT2D eigenvalue weighted by molar-refractivity contribution is 7.89. The normalized spacial score (nSPS) is 15.7. The van der Waals surface area contributed by atoms with Gasteiger partial charge >= 0.3 is 0 Å². The van der Waals surface area contributed by atoms with E-state index in [1.807, 2.05) is 30.1 Å². The van der Waals surface area contributed by atoms with E-state index in [0.717, 1.165) is 17.7 Å². The van der Waals surface area contributed by atoms with Crippen molar-refractivity contribution in [2.75, 3.05) is 39.8 Å². The Morgan fingerprint density at radius 3 is 2.38 bits per heavy atom. The first-order valence-electron chi connectivity index (χ1n) is 9.22. The molecule has 0 saturated carbocycles. The topological polar surface area (TPSA) is 60.9 Å². The monoisotopic (exact) mass is 439 g/mol. The van der Waals surface area contributed by atoms with Crippen LogP contribution >= 0.6 is 11.6 Å². The molecule has 1 heterocycles. The van der Waals surface area contributed by atoms with Crippen molar-refractivity contribution in [2.45, 2.75) is 11.4 Å². The summed E-state index contributed by atoms with van der Waals surface area (Å²) < 4.78 is 39.7. The van der Waals surface area contributed by atoms with E-state index >= 15 is 0 Å². The molecule has 0 aromatic heterocycles. The van der Waals surface area contributed by atoms with Crippen LogP contribution in [0.5, 0.6) is 0 Å². The second-order valence-electron chi connectivity index (χ2n) is 7.04. The fourth-order valence-electron chi connectivity index (χ4n) is 3.27. The van der Waals surface area contributed by atoms with E-state index in [2.05, 4.69) is 0 Å². The summed E-state index contributed by atoms with van der Waals surface area (Å²) in [5, 5.41) is 0.653. The number of sulfonamides is 1. The van der Waals surface area contributed by atoms with Crippen LogP contribution in [0.3, 0.4) is 0 Å². The highest BCUT2D eigenvalue weighted by atomic mass is 35.5. The number of hydrogen-bond donors (Lipinski definition) is 0. The maximum atomic E-state index is 13.1. The van der Waals surface area contributed by atoms with Crippen LogP contribution in [0.1, 0.15) is 5.56 Å². The molecule has 0 spiro atoms. The molecule has 2 aromatic rings. The summed E-state index contributed by atoms with van der Waals surface area (Å²) in [4.78, 5) is 16.2. The van der Waals surface area contributed by atoms with Gasteiger partial charge in [-0.1, -0.05) is 23.7 Å². The third-order valence-corrected chi connectivity index (χ3v) is 6.94. The number of carbonyl (C=O) groups excluding carboxylic acids is 1. The van der Waals surface area contributed by atoms with Gasteiger partial charge in [0.15, 0.2) is 0 Å². The largest absolute Gasteiger partial charge is 0.339 e. The van der Waals surface area contributed by atoms with Gasteiger partial charge in [-0.25, -0.2) is 12.8 Å². The number of rotatable bonds is 6. The van der Waals surface area contributed by atoms with Crippen LogP contribution in [-0.4, -0.2) is 68.2 Å². The third kappa shape index (κ3) is 5.54. The van der Waals surface area contributed by atoms with Gasteiger partial charge in [-0.05, 0) is 49.0 Å². The minimum absolute atomic E-state index is 0.0478. The summed E-state index contributed by atoms with van der Waals surface area (Å²) in [5.74, 6) is -0.533. The van der Waals surface area contributed by atoms with Crippen LogP contribution in [-0.2, 0) is 21.4 Å². The Balaban J connectivity index is 1.53. The number of halogens is 2. The fraction of sp³-hybridized carbons (Fsp3) is 0.350. The lowest BCUT2D eigenvalue weighted by atomic mass is 10.2. The molecule has 1 aliphatic heterocycles. The van der Waals surface area contributed by atoms with Crippen LogP contribution in [0.25, 0.3) is 0 Å². The summed E-state index contributed by atoms with van der Waals surface area (Å²) in [5.41, 5.74) is 1.02. The number of carbonyl (C=O) groups is 1. The lowest BCUT2D eigenvalue weighted by Gasteiger charge is -2.34. The minimum atomic E-state index is -3.69. The Labute approximate surface area is 175 Å². The van der Waals surface area contributed by atoms with Crippen LogP contribution in [0, 0.1) is 5.82 Å². The molecular weight excluding hydrogens is 417 g/mol. The first-order valence-corrected chi connectivity index (χ1v) is 11.0. The molecule has 1 fully saturated rings. The molecule has 0 aliphatic carbocycles. The predicted octanol–water partition coefficient (Wildman–Crippen LogP) is 2.44. The molecule has 1 saturated heterocycles. The predicted molar refractivity (Wildman–Crippen MR) is 110 cm³/mol. The van der Waals surface area contributed by atoms with Crippen molar-refractivity contribution in [1.82, 2.24) is 14.1 Å². The maximum absolute atomic E-state index is 13.1. The van der Waals surface area contributed by atoms with Crippen molar-refractivity contribution in [3.05, 3.63) is 64.9 Å². The molecule has 1 aliphatic rings. The molecule has 29 heavy (non-hydrogen) atoms. The van der Waals surface area contributed by atoms with E-state index < -0.39 is 15.8 Å². The Hall–Kier alpha value is -2.00. The lowest BCUT2D eigenvalue weighted by Crippen LogP contribution is -2.52. The molecule has 6 nitrogen and oxygen atoms in total. The summed E-state index contributed by atoms with van der Waals surface area (Å²) >= 11 is 5.99. The van der Waals surface area contributed by atoms with E-state index in [-0.39, 0.29) is 30.4 Å². The standard InChI is InChI=1S/C20H23ClFN3O3S/c1-23(14-16-3-2-4-17(21)13-16)15-20(26)24-9-11-25(12-10-24)29(27,28)19-7-5-18(22)6-8-19/h2-8,13H,9-12,14-15H2,1H3. The van der Waals surface area contributed by atoms with Gasteiger partial charge in [0, 0.05) is 37.7 Å². The number of piperazine rings is 1. The van der Waals surface area contributed by atoms with Crippen LogP contribution in [0.2, 0.25) is 5.02 Å². The van der Waals surface area contributed by atoms with Gasteiger partial charge < -0.3 is 4.90 Å². The van der Waals surface area contributed by atoms with Crippen molar-refractivity contribution in [1.29, 1.82) is 0 Å². The van der Waals surface area contributed by atoms with Crippen molar-refractivity contribution in [3.8, 4) is 0 Å². The van der Waals surface area contributed by atoms with E-state index in [0.29, 0.717) is 24.7 Å². The summed E-state index contributed by atoms with van der Waals surface area (Å²) in [6, 6.07) is 12.3. The molecule has 0 radical (unpaired) electrons. The zero-order valence-electron chi connectivity index (χ0n) is 16.1. The molecule has 0 N–H and O–H groups in total. The van der Waals surface area contributed by atoms with Crippen molar-refractivity contribution < 1.29 is 17.6 Å². The first kappa shape index (κ1) is 21.7. The van der Waals surface area contributed by atoms with Gasteiger partial charge in [0.2, 0.25) is 15.9 Å². The Morgan fingerprint density at radius 1 is 1.10 bits per heavy atom. The molecule has 0 atom stereocenters. The zero-order valence-corrected chi connectivity index (χ0v) is 17.7. The van der Waals surface area contributed by atoms with Gasteiger partial charge in [-0.2, -0.15) is 4.31 Å². The first-order chi connectivity index (χ1) is 13.8. The highest BCUT2D eigenvalue weighted by Crippen LogP contribution is 2.18. The van der Waals surface area contributed by atoms with Gasteiger partial charge in [0.05, 0.1) is 11.4 Å². The van der Waals surface area contributed by atoms with Crippen LogP contribution < -0.4 is 0 Å². The number of amides is 1. The number of likely N-dealkylation sites (N-methyl/N-ethyl adjacent to an activating group) is 1. The molecular formula is C20H23ClFN3O3S. The Morgan fingerprint density at radius 2 is 1.76 bits per heavy atom. The zero-order chi connectivity index (χ0) is 21.0. The SMILES string of the molecule is CN(CC(=O)N1CCN(S(=O)(=O)c2ccc(F)cc2)CC1)Cc1cccc(Cl)c1. The fourth-order valence-corrected chi connectivity index (χ4v) is 4.90. The van der Waals surface area contributed by atoms with Gasteiger partial charge in [0.1, 0.15) is 5.82 Å².